The number of rotatable bonds is 9. The number of esters is 1. The van der Waals surface area contributed by atoms with Crippen molar-refractivity contribution in [3.05, 3.63) is 29.3 Å². The van der Waals surface area contributed by atoms with Gasteiger partial charge in [0.15, 0.2) is 0 Å². The maximum Gasteiger partial charge on any atom is 0.407 e. The SMILES string of the molecule is CCCN(C)C(=O)c1ccc2c(c1)CN(CCCNC(=O)OC(C)(C)C)C(=O)[C@H](CC(=O)OC)N2. The molecular formula is C25H38N4O6. The lowest BCUT2D eigenvalue weighted by molar-refractivity contribution is -0.144. The molecule has 1 aliphatic rings. The molecule has 1 aromatic carbocycles. The largest absolute Gasteiger partial charge is 0.469 e. The van der Waals surface area contributed by atoms with E-state index in [-0.39, 0.29) is 24.8 Å². The summed E-state index contributed by atoms with van der Waals surface area (Å²) < 4.78 is 10.0. The van der Waals surface area contributed by atoms with Gasteiger partial charge < -0.3 is 29.9 Å². The number of hydrogen-bond donors (Lipinski definition) is 2. The first-order valence-corrected chi connectivity index (χ1v) is 11.9. The second-order valence-corrected chi connectivity index (χ2v) is 9.62. The number of ether oxygens (including phenoxy) is 2. The van der Waals surface area contributed by atoms with Crippen molar-refractivity contribution in [3.8, 4) is 0 Å². The molecule has 35 heavy (non-hydrogen) atoms. The first-order chi connectivity index (χ1) is 16.4. The number of fused-ring (bicyclic) bond motifs is 1. The van der Waals surface area contributed by atoms with Gasteiger partial charge in [0.1, 0.15) is 11.6 Å². The van der Waals surface area contributed by atoms with E-state index in [1.54, 1.807) is 55.8 Å². The van der Waals surface area contributed by atoms with E-state index >= 15 is 0 Å². The molecule has 3 amide bonds. The molecule has 10 nitrogen and oxygen atoms in total. The zero-order valence-electron chi connectivity index (χ0n) is 21.6. The Morgan fingerprint density at radius 2 is 1.97 bits per heavy atom. The number of methoxy groups -OCH3 is 1. The number of alkyl carbamates (subject to hydrolysis) is 1. The van der Waals surface area contributed by atoms with Crippen LogP contribution < -0.4 is 10.6 Å². The van der Waals surface area contributed by atoms with E-state index in [0.717, 1.165) is 12.0 Å². The first-order valence-electron chi connectivity index (χ1n) is 11.9. The summed E-state index contributed by atoms with van der Waals surface area (Å²) in [5.74, 6) is -0.844. The van der Waals surface area contributed by atoms with Gasteiger partial charge in [-0.15, -0.1) is 0 Å². The van der Waals surface area contributed by atoms with E-state index in [0.29, 0.717) is 37.3 Å². The molecular weight excluding hydrogens is 452 g/mol. The van der Waals surface area contributed by atoms with Crippen molar-refractivity contribution in [1.82, 2.24) is 15.1 Å². The smallest absolute Gasteiger partial charge is 0.407 e. The van der Waals surface area contributed by atoms with E-state index < -0.39 is 23.7 Å². The van der Waals surface area contributed by atoms with E-state index in [1.807, 2.05) is 6.92 Å². The third kappa shape index (κ3) is 8.45. The minimum atomic E-state index is -0.799. The quantitative estimate of drug-likeness (QED) is 0.404. The lowest BCUT2D eigenvalue weighted by Crippen LogP contribution is -2.43. The lowest BCUT2D eigenvalue weighted by Gasteiger charge is -2.24. The molecule has 1 aliphatic heterocycles. The fraction of sp³-hybridized carbons (Fsp3) is 0.600. The van der Waals surface area contributed by atoms with Crippen LogP contribution in [0.3, 0.4) is 0 Å². The van der Waals surface area contributed by atoms with Gasteiger partial charge in [0, 0.05) is 44.5 Å². The summed E-state index contributed by atoms with van der Waals surface area (Å²) in [4.78, 5) is 53.2. The molecule has 0 radical (unpaired) electrons. The molecule has 0 bridgehead atoms. The number of carbonyl (C=O) groups excluding carboxylic acids is 4. The van der Waals surface area contributed by atoms with E-state index in [9.17, 15) is 19.2 Å². The minimum absolute atomic E-state index is 0.0931. The normalized spacial score (nSPS) is 15.4. The van der Waals surface area contributed by atoms with Crippen LogP contribution in [-0.2, 0) is 25.6 Å². The van der Waals surface area contributed by atoms with Crippen LogP contribution in [0.25, 0.3) is 0 Å². The Balaban J connectivity index is 2.18. The number of anilines is 1. The summed E-state index contributed by atoms with van der Waals surface area (Å²) in [6.45, 7) is 8.94. The molecule has 0 saturated carbocycles. The van der Waals surface area contributed by atoms with Gasteiger partial charge in [0.2, 0.25) is 5.91 Å². The monoisotopic (exact) mass is 490 g/mol. The van der Waals surface area contributed by atoms with Crippen LogP contribution in [0.4, 0.5) is 10.5 Å². The molecule has 0 aliphatic carbocycles. The van der Waals surface area contributed by atoms with Gasteiger partial charge >= 0.3 is 12.1 Å². The molecule has 0 saturated heterocycles. The van der Waals surface area contributed by atoms with E-state index in [4.69, 9.17) is 9.47 Å². The molecule has 1 heterocycles. The summed E-state index contributed by atoms with van der Waals surface area (Å²) in [7, 11) is 3.04. The highest BCUT2D eigenvalue weighted by Gasteiger charge is 2.31. The van der Waals surface area contributed by atoms with Crippen LogP contribution in [0.5, 0.6) is 0 Å². The van der Waals surface area contributed by atoms with Gasteiger partial charge in [-0.25, -0.2) is 4.79 Å². The predicted octanol–water partition coefficient (Wildman–Crippen LogP) is 2.77. The third-order valence-corrected chi connectivity index (χ3v) is 5.43. The zero-order valence-corrected chi connectivity index (χ0v) is 21.6. The number of amides is 3. The Bertz CT molecular complexity index is 927. The van der Waals surface area contributed by atoms with Crippen molar-refractivity contribution in [2.24, 2.45) is 0 Å². The minimum Gasteiger partial charge on any atom is -0.469 e. The molecule has 2 rings (SSSR count). The highest BCUT2D eigenvalue weighted by molar-refractivity contribution is 5.95. The number of benzene rings is 1. The molecule has 1 aromatic rings. The van der Waals surface area contributed by atoms with Gasteiger partial charge in [0.25, 0.3) is 5.91 Å². The van der Waals surface area contributed by atoms with E-state index in [1.165, 1.54) is 7.11 Å². The Kier molecular flexibility index (Phi) is 9.91. The maximum absolute atomic E-state index is 13.3. The summed E-state index contributed by atoms with van der Waals surface area (Å²) in [5.41, 5.74) is 1.41. The summed E-state index contributed by atoms with van der Waals surface area (Å²) in [5, 5.41) is 5.84. The highest BCUT2D eigenvalue weighted by Crippen LogP contribution is 2.26. The average molecular weight is 491 g/mol. The molecule has 0 spiro atoms. The van der Waals surface area contributed by atoms with Crippen molar-refractivity contribution in [2.45, 2.75) is 65.1 Å². The topological polar surface area (TPSA) is 117 Å². The van der Waals surface area contributed by atoms with Crippen LogP contribution in [-0.4, -0.2) is 79.1 Å². The van der Waals surface area contributed by atoms with Gasteiger partial charge in [-0.1, -0.05) is 6.92 Å². The number of nitrogens with one attached hydrogen (secondary N) is 2. The average Bonchev–Trinajstić information content (AvgIpc) is 2.91. The second-order valence-electron chi connectivity index (χ2n) is 9.62. The van der Waals surface area contributed by atoms with Gasteiger partial charge in [-0.2, -0.15) is 0 Å². The third-order valence-electron chi connectivity index (χ3n) is 5.43. The van der Waals surface area contributed by atoms with Gasteiger partial charge in [-0.3, -0.25) is 14.4 Å². The highest BCUT2D eigenvalue weighted by atomic mass is 16.6. The molecule has 0 aromatic heterocycles. The van der Waals surface area contributed by atoms with Crippen molar-refractivity contribution in [3.63, 3.8) is 0 Å². The number of carbonyl (C=O) groups is 4. The standard InChI is InChI=1S/C25H38N4O6/c1-7-12-28(5)22(31)17-9-10-19-18(14-17)16-29(23(32)20(27-19)15-21(30)34-6)13-8-11-26-24(33)35-25(2,3)4/h9-10,14,20,27H,7-8,11-13,15-16H2,1-6H3,(H,26,33)/t20-/m0/s1. The second kappa shape index (κ2) is 12.4. The fourth-order valence-corrected chi connectivity index (χ4v) is 3.76. The molecule has 2 N–H and O–H groups in total. The number of hydrogen-bond acceptors (Lipinski definition) is 7. The fourth-order valence-electron chi connectivity index (χ4n) is 3.76. The maximum atomic E-state index is 13.3. The number of nitrogens with zero attached hydrogens (tertiary/aromatic N) is 2. The molecule has 194 valence electrons. The van der Waals surface area contributed by atoms with Gasteiger partial charge in [0.05, 0.1) is 13.5 Å². The Morgan fingerprint density at radius 3 is 2.60 bits per heavy atom. The summed E-state index contributed by atoms with van der Waals surface area (Å²) in [6.07, 6.45) is 0.697. The lowest BCUT2D eigenvalue weighted by atomic mass is 10.1. The van der Waals surface area contributed by atoms with Gasteiger partial charge in [-0.05, 0) is 57.4 Å². The van der Waals surface area contributed by atoms with Crippen LogP contribution in [0, 0.1) is 0 Å². The molecule has 0 unspecified atom stereocenters. The zero-order chi connectivity index (χ0) is 26.2. The van der Waals surface area contributed by atoms with Crippen LogP contribution in [0.1, 0.15) is 62.9 Å². The molecule has 10 heteroatoms. The Morgan fingerprint density at radius 1 is 1.26 bits per heavy atom. The first kappa shape index (κ1) is 27.9. The van der Waals surface area contributed by atoms with Crippen molar-refractivity contribution < 1.29 is 28.7 Å². The molecule has 0 fully saturated rings. The van der Waals surface area contributed by atoms with E-state index in [2.05, 4.69) is 10.6 Å². The summed E-state index contributed by atoms with van der Waals surface area (Å²) >= 11 is 0. The Hall–Kier alpha value is -3.30. The van der Waals surface area contributed by atoms with Crippen molar-refractivity contribution in [1.29, 1.82) is 0 Å². The van der Waals surface area contributed by atoms with Crippen LogP contribution in [0.2, 0.25) is 0 Å². The van der Waals surface area contributed by atoms with Crippen molar-refractivity contribution in [2.75, 3.05) is 39.1 Å². The summed E-state index contributed by atoms with van der Waals surface area (Å²) in [6, 6.07) is 4.48. The Labute approximate surface area is 207 Å². The molecule has 1 atom stereocenters. The van der Waals surface area contributed by atoms with Crippen LogP contribution in [0.15, 0.2) is 18.2 Å². The van der Waals surface area contributed by atoms with Crippen LogP contribution >= 0.6 is 0 Å². The predicted molar refractivity (Wildman–Crippen MR) is 132 cm³/mol. The van der Waals surface area contributed by atoms with Crippen molar-refractivity contribution >= 4 is 29.6 Å².